The standard InChI is InChI=1S/C12H14ClN3O3/c1-7(2)15-16-12(18)11(17)14-9-6-8(13)4-5-10(9)19-3/h4-6H,1-3H3,(H,14,17)(H,16,18). The first-order valence-electron chi connectivity index (χ1n) is 5.39. The van der Waals surface area contributed by atoms with Crippen LogP contribution in [0.4, 0.5) is 5.69 Å². The summed E-state index contributed by atoms with van der Waals surface area (Å²) in [5.41, 5.74) is 3.06. The van der Waals surface area contributed by atoms with Gasteiger partial charge in [0.05, 0.1) is 12.8 Å². The molecule has 2 N–H and O–H groups in total. The smallest absolute Gasteiger partial charge is 0.329 e. The van der Waals surface area contributed by atoms with E-state index in [0.29, 0.717) is 22.2 Å². The number of hydrogen-bond acceptors (Lipinski definition) is 4. The largest absolute Gasteiger partial charge is 0.495 e. The lowest BCUT2D eigenvalue weighted by Crippen LogP contribution is -2.32. The molecule has 0 saturated carbocycles. The SMILES string of the molecule is COc1ccc(Cl)cc1NC(=O)C(=O)NN=C(C)C. The van der Waals surface area contributed by atoms with Crippen LogP contribution in [0.15, 0.2) is 23.3 Å². The maximum atomic E-state index is 11.6. The van der Waals surface area contributed by atoms with Crippen LogP contribution in [-0.4, -0.2) is 24.6 Å². The summed E-state index contributed by atoms with van der Waals surface area (Å²) >= 11 is 5.81. The molecule has 0 bridgehead atoms. The molecule has 0 atom stereocenters. The number of carbonyl (C=O) groups excluding carboxylic acids is 2. The number of carbonyl (C=O) groups is 2. The van der Waals surface area contributed by atoms with E-state index in [1.54, 1.807) is 26.0 Å². The quantitative estimate of drug-likeness (QED) is 0.504. The van der Waals surface area contributed by atoms with Crippen molar-refractivity contribution in [2.24, 2.45) is 5.10 Å². The van der Waals surface area contributed by atoms with Crippen molar-refractivity contribution in [3.8, 4) is 5.75 Å². The molecule has 0 aliphatic heterocycles. The predicted octanol–water partition coefficient (Wildman–Crippen LogP) is 1.80. The molecule has 7 heteroatoms. The van der Waals surface area contributed by atoms with Gasteiger partial charge in [-0.15, -0.1) is 0 Å². The van der Waals surface area contributed by atoms with E-state index < -0.39 is 11.8 Å². The Bertz CT molecular complexity index is 525. The van der Waals surface area contributed by atoms with Crippen molar-refractivity contribution in [2.75, 3.05) is 12.4 Å². The van der Waals surface area contributed by atoms with Crippen LogP contribution >= 0.6 is 11.6 Å². The van der Waals surface area contributed by atoms with Crippen molar-refractivity contribution in [3.63, 3.8) is 0 Å². The maximum Gasteiger partial charge on any atom is 0.329 e. The Balaban J connectivity index is 2.79. The fourth-order valence-corrected chi connectivity index (χ4v) is 1.34. The molecule has 0 fully saturated rings. The third-order valence-corrected chi connectivity index (χ3v) is 2.23. The summed E-state index contributed by atoms with van der Waals surface area (Å²) in [7, 11) is 1.45. The van der Waals surface area contributed by atoms with Crippen molar-refractivity contribution >= 4 is 34.8 Å². The number of ether oxygens (including phenoxy) is 1. The zero-order valence-electron chi connectivity index (χ0n) is 10.8. The fourth-order valence-electron chi connectivity index (χ4n) is 1.17. The summed E-state index contributed by atoms with van der Waals surface area (Å²) in [6, 6.07) is 4.69. The van der Waals surface area contributed by atoms with Gasteiger partial charge in [0.15, 0.2) is 0 Å². The average Bonchev–Trinajstić information content (AvgIpc) is 2.36. The zero-order chi connectivity index (χ0) is 14.4. The topological polar surface area (TPSA) is 79.8 Å². The van der Waals surface area contributed by atoms with Crippen LogP contribution in [0.1, 0.15) is 13.8 Å². The van der Waals surface area contributed by atoms with Gasteiger partial charge in [-0.25, -0.2) is 5.43 Å². The second-order valence-electron chi connectivity index (χ2n) is 3.80. The Morgan fingerprint density at radius 1 is 1.26 bits per heavy atom. The predicted molar refractivity (Wildman–Crippen MR) is 73.6 cm³/mol. The number of methoxy groups -OCH3 is 1. The minimum atomic E-state index is -0.872. The Labute approximate surface area is 115 Å². The van der Waals surface area contributed by atoms with Gasteiger partial charge < -0.3 is 10.1 Å². The number of nitrogens with one attached hydrogen (secondary N) is 2. The van der Waals surface area contributed by atoms with Gasteiger partial charge in [-0.2, -0.15) is 5.10 Å². The highest BCUT2D eigenvalue weighted by Crippen LogP contribution is 2.27. The average molecular weight is 284 g/mol. The molecule has 19 heavy (non-hydrogen) atoms. The molecule has 0 saturated heterocycles. The number of anilines is 1. The number of nitrogens with zero attached hydrogens (tertiary/aromatic N) is 1. The monoisotopic (exact) mass is 283 g/mol. The van der Waals surface area contributed by atoms with Crippen LogP contribution in [-0.2, 0) is 9.59 Å². The number of rotatable bonds is 3. The van der Waals surface area contributed by atoms with Crippen LogP contribution in [0.25, 0.3) is 0 Å². The van der Waals surface area contributed by atoms with Gasteiger partial charge in [0.25, 0.3) is 0 Å². The fraction of sp³-hybridized carbons (Fsp3) is 0.250. The number of hydrazone groups is 1. The van der Waals surface area contributed by atoms with Gasteiger partial charge in [0.2, 0.25) is 0 Å². The summed E-state index contributed by atoms with van der Waals surface area (Å²) in [5, 5.41) is 6.46. The lowest BCUT2D eigenvalue weighted by Gasteiger charge is -2.09. The summed E-state index contributed by atoms with van der Waals surface area (Å²) in [6.45, 7) is 3.39. The first kappa shape index (κ1) is 15.0. The number of hydrogen-bond donors (Lipinski definition) is 2. The van der Waals surface area contributed by atoms with E-state index in [0.717, 1.165) is 0 Å². The molecule has 1 aromatic rings. The lowest BCUT2D eigenvalue weighted by atomic mass is 10.3. The molecule has 0 heterocycles. The van der Waals surface area contributed by atoms with Crippen LogP contribution in [0.2, 0.25) is 5.02 Å². The molecule has 0 unspecified atom stereocenters. The van der Waals surface area contributed by atoms with Gasteiger partial charge in [-0.1, -0.05) is 11.6 Å². The van der Waals surface area contributed by atoms with Crippen molar-refractivity contribution in [1.82, 2.24) is 5.43 Å². The molecule has 6 nitrogen and oxygen atoms in total. The Hall–Kier alpha value is -2.08. The first-order valence-corrected chi connectivity index (χ1v) is 5.77. The maximum absolute atomic E-state index is 11.6. The molecular weight excluding hydrogens is 270 g/mol. The van der Waals surface area contributed by atoms with E-state index >= 15 is 0 Å². The number of halogens is 1. The molecule has 102 valence electrons. The highest BCUT2D eigenvalue weighted by molar-refractivity contribution is 6.40. The van der Waals surface area contributed by atoms with Gasteiger partial charge in [0, 0.05) is 10.7 Å². The normalized spacial score (nSPS) is 9.47. The van der Waals surface area contributed by atoms with Gasteiger partial charge in [0.1, 0.15) is 5.75 Å². The molecule has 0 aromatic heterocycles. The van der Waals surface area contributed by atoms with Crippen molar-refractivity contribution < 1.29 is 14.3 Å². The molecule has 0 aliphatic carbocycles. The van der Waals surface area contributed by atoms with E-state index in [2.05, 4.69) is 15.8 Å². The van der Waals surface area contributed by atoms with Crippen LogP contribution in [0.5, 0.6) is 5.75 Å². The third kappa shape index (κ3) is 4.59. The molecular formula is C12H14ClN3O3. The van der Waals surface area contributed by atoms with Crippen molar-refractivity contribution in [2.45, 2.75) is 13.8 Å². The summed E-state index contributed by atoms with van der Waals surface area (Å²) in [5.74, 6) is -1.32. The molecule has 0 spiro atoms. The van der Waals surface area contributed by atoms with Crippen LogP contribution in [0, 0.1) is 0 Å². The van der Waals surface area contributed by atoms with E-state index in [9.17, 15) is 9.59 Å². The summed E-state index contributed by atoms with van der Waals surface area (Å²) < 4.78 is 5.05. The van der Waals surface area contributed by atoms with Crippen LogP contribution < -0.4 is 15.5 Å². The van der Waals surface area contributed by atoms with E-state index in [-0.39, 0.29) is 0 Å². The Morgan fingerprint density at radius 2 is 1.95 bits per heavy atom. The third-order valence-electron chi connectivity index (χ3n) is 2.00. The van der Waals surface area contributed by atoms with E-state index in [1.165, 1.54) is 13.2 Å². The van der Waals surface area contributed by atoms with Crippen molar-refractivity contribution in [1.29, 1.82) is 0 Å². The van der Waals surface area contributed by atoms with Crippen LogP contribution in [0.3, 0.4) is 0 Å². The minimum Gasteiger partial charge on any atom is -0.495 e. The van der Waals surface area contributed by atoms with Gasteiger partial charge >= 0.3 is 11.8 Å². The summed E-state index contributed by atoms with van der Waals surface area (Å²) in [4.78, 5) is 23.0. The highest BCUT2D eigenvalue weighted by Gasteiger charge is 2.15. The number of benzene rings is 1. The second kappa shape index (κ2) is 6.75. The number of amides is 2. The van der Waals surface area contributed by atoms with E-state index in [1.807, 2.05) is 0 Å². The second-order valence-corrected chi connectivity index (χ2v) is 4.24. The minimum absolute atomic E-state index is 0.312. The molecule has 0 aliphatic rings. The Kier molecular flexibility index (Phi) is 5.32. The molecule has 1 aromatic carbocycles. The molecule has 2 amide bonds. The van der Waals surface area contributed by atoms with E-state index in [4.69, 9.17) is 16.3 Å². The highest BCUT2D eigenvalue weighted by atomic mass is 35.5. The van der Waals surface area contributed by atoms with Gasteiger partial charge in [-0.05, 0) is 32.0 Å². The summed E-state index contributed by atoms with van der Waals surface area (Å²) in [6.07, 6.45) is 0. The zero-order valence-corrected chi connectivity index (χ0v) is 11.5. The van der Waals surface area contributed by atoms with Crippen molar-refractivity contribution in [3.05, 3.63) is 23.2 Å². The Morgan fingerprint density at radius 3 is 2.53 bits per heavy atom. The molecule has 1 rings (SSSR count). The lowest BCUT2D eigenvalue weighted by molar-refractivity contribution is -0.136. The molecule has 0 radical (unpaired) electrons. The van der Waals surface area contributed by atoms with Gasteiger partial charge in [-0.3, -0.25) is 9.59 Å². The first-order chi connectivity index (χ1) is 8.93.